The third-order valence-corrected chi connectivity index (χ3v) is 8.76. The second kappa shape index (κ2) is 13.6. The van der Waals surface area contributed by atoms with Crippen molar-refractivity contribution in [2.24, 2.45) is 0 Å². The lowest BCUT2D eigenvalue weighted by Gasteiger charge is -2.35. The molecule has 5 nitrogen and oxygen atoms in total. The van der Waals surface area contributed by atoms with Gasteiger partial charge in [0, 0.05) is 22.6 Å². The maximum atomic E-state index is 11.4. The molecule has 45 heavy (non-hydrogen) atoms. The van der Waals surface area contributed by atoms with Gasteiger partial charge in [0.1, 0.15) is 17.6 Å². The Bertz CT molecular complexity index is 1710. The van der Waals surface area contributed by atoms with Crippen LogP contribution in [-0.4, -0.2) is 26.2 Å². The van der Waals surface area contributed by atoms with E-state index in [0.29, 0.717) is 28.8 Å². The number of benzene rings is 4. The van der Waals surface area contributed by atoms with Crippen molar-refractivity contribution in [2.45, 2.75) is 85.7 Å². The number of hydrogen-bond donors (Lipinski definition) is 1. The van der Waals surface area contributed by atoms with Crippen LogP contribution in [0, 0.1) is 27.7 Å². The minimum absolute atomic E-state index is 0.0684. The summed E-state index contributed by atoms with van der Waals surface area (Å²) in [6.45, 7) is 15.0. The second-order valence-electron chi connectivity index (χ2n) is 12.8. The first-order chi connectivity index (χ1) is 21.6. The van der Waals surface area contributed by atoms with Gasteiger partial charge in [0.2, 0.25) is 0 Å². The van der Waals surface area contributed by atoms with Gasteiger partial charge >= 0.3 is 0 Å². The lowest BCUT2D eigenvalue weighted by atomic mass is 9.77. The zero-order chi connectivity index (χ0) is 32.1. The summed E-state index contributed by atoms with van der Waals surface area (Å²) in [5.41, 5.74) is 7.94. The monoisotopic (exact) mass is 599 g/mol. The number of hydrogen-bond acceptors (Lipinski definition) is 5. The lowest BCUT2D eigenvalue weighted by molar-refractivity contribution is 0.113. The highest BCUT2D eigenvalue weighted by Crippen LogP contribution is 2.37. The Morgan fingerprint density at radius 1 is 0.667 bits per heavy atom. The summed E-state index contributed by atoms with van der Waals surface area (Å²) in [5.74, 6) is 2.27. The van der Waals surface area contributed by atoms with E-state index < -0.39 is 0 Å². The van der Waals surface area contributed by atoms with Gasteiger partial charge in [-0.15, -0.1) is 0 Å². The topological polar surface area (TPSA) is 68.1 Å². The first-order valence-corrected chi connectivity index (χ1v) is 16.0. The van der Waals surface area contributed by atoms with Gasteiger partial charge < -0.3 is 9.84 Å². The van der Waals surface area contributed by atoms with Gasteiger partial charge in [-0.25, -0.2) is 15.0 Å². The fraction of sp³-hybridized carbons (Fsp3) is 0.325. The first kappa shape index (κ1) is 31.9. The molecule has 5 aromatic rings. The van der Waals surface area contributed by atoms with Gasteiger partial charge in [-0.05, 0) is 69.4 Å². The average Bonchev–Trinajstić information content (AvgIpc) is 3.01. The van der Waals surface area contributed by atoms with E-state index in [4.69, 9.17) is 19.7 Å². The molecule has 1 heterocycles. The molecule has 0 radical (unpaired) electrons. The number of ether oxygens (including phenoxy) is 1. The number of unbranched alkanes of at least 4 members (excludes halogenated alkanes) is 2. The molecule has 5 heteroatoms. The van der Waals surface area contributed by atoms with Gasteiger partial charge in [-0.2, -0.15) is 0 Å². The van der Waals surface area contributed by atoms with E-state index in [-0.39, 0.29) is 17.3 Å². The van der Waals surface area contributed by atoms with E-state index in [2.05, 4.69) is 109 Å². The van der Waals surface area contributed by atoms with Crippen molar-refractivity contribution in [1.82, 2.24) is 15.0 Å². The number of aromatic nitrogens is 3. The maximum Gasteiger partial charge on any atom is 0.167 e. The standard InChI is InChI=1S/C40H45N3O2/c1-8-9-11-16-36(40(6,7)30-14-12-10-13-15-30)45-31-19-22-34(35(44)25-31)39-42-37(32-20-17-26(2)23-28(32)4)41-38(43-39)33-21-18-27(3)24-29(33)5/h10,12-15,17-25,36,44H,8-9,11,16H2,1-7H3. The van der Waals surface area contributed by atoms with Crippen molar-refractivity contribution in [2.75, 3.05) is 0 Å². The molecule has 5 rings (SSSR count). The largest absolute Gasteiger partial charge is 0.507 e. The summed E-state index contributed by atoms with van der Waals surface area (Å²) < 4.78 is 6.68. The van der Waals surface area contributed by atoms with Crippen LogP contribution in [0.5, 0.6) is 11.5 Å². The number of phenols is 1. The molecule has 1 aromatic heterocycles. The van der Waals surface area contributed by atoms with E-state index >= 15 is 0 Å². The molecule has 232 valence electrons. The number of aromatic hydroxyl groups is 1. The van der Waals surface area contributed by atoms with E-state index in [0.717, 1.165) is 47.9 Å². The summed E-state index contributed by atoms with van der Waals surface area (Å²) in [5, 5.41) is 11.4. The zero-order valence-corrected chi connectivity index (χ0v) is 27.7. The zero-order valence-electron chi connectivity index (χ0n) is 27.7. The highest BCUT2D eigenvalue weighted by Gasteiger charge is 2.33. The molecule has 0 saturated heterocycles. The summed E-state index contributed by atoms with van der Waals surface area (Å²) in [6.07, 6.45) is 4.23. The summed E-state index contributed by atoms with van der Waals surface area (Å²) in [4.78, 5) is 14.7. The molecule has 1 unspecified atom stereocenters. The van der Waals surface area contributed by atoms with Crippen LogP contribution >= 0.6 is 0 Å². The maximum absolute atomic E-state index is 11.4. The Morgan fingerprint density at radius 3 is 1.71 bits per heavy atom. The summed E-state index contributed by atoms with van der Waals surface area (Å²) in [6, 6.07) is 28.5. The highest BCUT2D eigenvalue weighted by atomic mass is 16.5. The summed E-state index contributed by atoms with van der Waals surface area (Å²) in [7, 11) is 0. The Morgan fingerprint density at radius 2 is 1.20 bits per heavy atom. The molecule has 0 spiro atoms. The molecular weight excluding hydrogens is 554 g/mol. The molecule has 0 bridgehead atoms. The second-order valence-corrected chi connectivity index (χ2v) is 12.8. The minimum atomic E-state index is -0.223. The van der Waals surface area contributed by atoms with Gasteiger partial charge in [-0.3, -0.25) is 0 Å². The highest BCUT2D eigenvalue weighted by molar-refractivity contribution is 5.72. The molecule has 4 aromatic carbocycles. The molecule has 0 saturated carbocycles. The first-order valence-electron chi connectivity index (χ1n) is 16.0. The van der Waals surface area contributed by atoms with E-state index in [9.17, 15) is 5.11 Å². The van der Waals surface area contributed by atoms with Crippen LogP contribution in [0.2, 0.25) is 0 Å². The van der Waals surface area contributed by atoms with Crippen molar-refractivity contribution in [3.8, 4) is 45.7 Å². The van der Waals surface area contributed by atoms with Crippen molar-refractivity contribution in [3.05, 3.63) is 113 Å². The van der Waals surface area contributed by atoms with Gasteiger partial charge in [-0.1, -0.05) is 111 Å². The van der Waals surface area contributed by atoms with Crippen LogP contribution in [0.25, 0.3) is 34.2 Å². The minimum Gasteiger partial charge on any atom is -0.507 e. The van der Waals surface area contributed by atoms with E-state index in [1.807, 2.05) is 18.2 Å². The number of nitrogens with zero attached hydrogens (tertiary/aromatic N) is 3. The van der Waals surface area contributed by atoms with Crippen molar-refractivity contribution < 1.29 is 9.84 Å². The van der Waals surface area contributed by atoms with Gasteiger partial charge in [0.05, 0.1) is 5.56 Å². The van der Waals surface area contributed by atoms with Crippen LogP contribution in [0.4, 0.5) is 0 Å². The SMILES string of the molecule is CCCCCC(Oc1ccc(-c2nc(-c3ccc(C)cc3C)nc(-c3ccc(C)cc3C)n2)c(O)c1)C(C)(C)c1ccccc1. The molecule has 0 fully saturated rings. The average molecular weight is 600 g/mol. The van der Waals surface area contributed by atoms with Crippen LogP contribution < -0.4 is 4.74 Å². The third kappa shape index (κ3) is 7.25. The number of aryl methyl sites for hydroxylation is 4. The molecule has 0 aliphatic rings. The van der Waals surface area contributed by atoms with Gasteiger partial charge in [0.25, 0.3) is 0 Å². The Kier molecular flexibility index (Phi) is 9.67. The molecule has 0 aliphatic heterocycles. The van der Waals surface area contributed by atoms with Crippen molar-refractivity contribution in [3.63, 3.8) is 0 Å². The molecule has 0 amide bonds. The van der Waals surface area contributed by atoms with Crippen molar-refractivity contribution >= 4 is 0 Å². The van der Waals surface area contributed by atoms with Crippen LogP contribution in [0.1, 0.15) is 74.3 Å². The quantitative estimate of drug-likeness (QED) is 0.153. The Hall–Kier alpha value is -4.51. The molecule has 1 N–H and O–H groups in total. The Labute approximate surface area is 268 Å². The van der Waals surface area contributed by atoms with E-state index in [1.165, 1.54) is 16.7 Å². The van der Waals surface area contributed by atoms with Crippen LogP contribution in [0.3, 0.4) is 0 Å². The normalized spacial score (nSPS) is 12.2. The third-order valence-electron chi connectivity index (χ3n) is 8.76. The number of rotatable bonds is 11. The van der Waals surface area contributed by atoms with E-state index in [1.54, 1.807) is 6.07 Å². The fourth-order valence-electron chi connectivity index (χ4n) is 6.00. The summed E-state index contributed by atoms with van der Waals surface area (Å²) >= 11 is 0. The molecular formula is C40H45N3O2. The smallest absolute Gasteiger partial charge is 0.167 e. The lowest BCUT2D eigenvalue weighted by Crippen LogP contribution is -2.38. The predicted molar refractivity (Wildman–Crippen MR) is 185 cm³/mol. The Balaban J connectivity index is 1.55. The molecule has 1 atom stereocenters. The molecule has 0 aliphatic carbocycles. The van der Waals surface area contributed by atoms with Gasteiger partial charge in [0.15, 0.2) is 17.5 Å². The fourth-order valence-corrected chi connectivity index (χ4v) is 6.00. The van der Waals surface area contributed by atoms with Crippen molar-refractivity contribution in [1.29, 1.82) is 0 Å². The predicted octanol–water partition coefficient (Wildman–Crippen LogP) is 10.1. The van der Waals surface area contributed by atoms with Crippen LogP contribution in [-0.2, 0) is 5.41 Å². The van der Waals surface area contributed by atoms with Crippen LogP contribution in [0.15, 0.2) is 84.9 Å². The number of phenolic OH excluding ortho intramolecular Hbond substituents is 1.